The molecule has 0 aliphatic rings. The molecule has 3 aromatic rings. The molecule has 1 heterocycles. The fraction of sp³-hybridized carbons (Fsp3) is 0.0769. The van der Waals surface area contributed by atoms with Crippen LogP contribution in [-0.2, 0) is 0 Å². The van der Waals surface area contributed by atoms with Crippen molar-refractivity contribution in [2.45, 2.75) is 0 Å². The molecule has 0 radical (unpaired) electrons. The summed E-state index contributed by atoms with van der Waals surface area (Å²) in [7, 11) is 1.60. The molecule has 2 nitrogen and oxygen atoms in total. The topological polar surface area (TPSA) is 22.4 Å². The molecule has 0 aliphatic carbocycles. The van der Waals surface area contributed by atoms with Gasteiger partial charge >= 0.3 is 0 Å². The van der Waals surface area contributed by atoms with Crippen LogP contribution in [-0.4, -0.2) is 7.11 Å². The minimum atomic E-state index is -0.258. The molecular weight excluding hydrogens is 207 g/mol. The number of hydrogen-bond donors (Lipinski definition) is 0. The number of rotatable bonds is 1. The van der Waals surface area contributed by atoms with Gasteiger partial charge in [-0.3, -0.25) is 0 Å². The van der Waals surface area contributed by atoms with Crippen LogP contribution in [0.15, 0.2) is 40.8 Å². The maximum Gasteiger partial charge on any atom is 0.139 e. The lowest BCUT2D eigenvalue weighted by atomic mass is 10.1. The molecule has 16 heavy (non-hydrogen) atoms. The quantitative estimate of drug-likeness (QED) is 0.618. The molecule has 0 spiro atoms. The maximum atomic E-state index is 13.1. The van der Waals surface area contributed by atoms with Gasteiger partial charge in [-0.1, -0.05) is 0 Å². The van der Waals surface area contributed by atoms with Crippen molar-refractivity contribution in [3.05, 3.63) is 42.2 Å². The Hall–Kier alpha value is -2.03. The molecule has 0 unspecified atom stereocenters. The SMILES string of the molecule is COc1ccc2c(c1)oc1ccc(F)cc12. The molecule has 2 aromatic carbocycles. The first-order valence-electron chi connectivity index (χ1n) is 4.94. The Kier molecular flexibility index (Phi) is 1.86. The summed E-state index contributed by atoms with van der Waals surface area (Å²) in [5, 5.41) is 1.69. The summed E-state index contributed by atoms with van der Waals surface area (Å²) in [5.41, 5.74) is 1.39. The van der Waals surface area contributed by atoms with E-state index in [1.165, 1.54) is 12.1 Å². The third-order valence-electron chi connectivity index (χ3n) is 2.64. The van der Waals surface area contributed by atoms with E-state index in [1.807, 2.05) is 12.1 Å². The second kappa shape index (κ2) is 3.23. The summed E-state index contributed by atoms with van der Waals surface area (Å²) in [4.78, 5) is 0. The zero-order valence-electron chi connectivity index (χ0n) is 8.66. The van der Waals surface area contributed by atoms with Crippen molar-refractivity contribution in [2.75, 3.05) is 7.11 Å². The van der Waals surface area contributed by atoms with Crippen LogP contribution < -0.4 is 4.74 Å². The van der Waals surface area contributed by atoms with Crippen molar-refractivity contribution >= 4 is 21.9 Å². The van der Waals surface area contributed by atoms with Gasteiger partial charge in [0.1, 0.15) is 22.7 Å². The van der Waals surface area contributed by atoms with E-state index in [9.17, 15) is 4.39 Å². The van der Waals surface area contributed by atoms with E-state index in [-0.39, 0.29) is 5.82 Å². The minimum absolute atomic E-state index is 0.258. The third-order valence-corrected chi connectivity index (χ3v) is 2.64. The number of benzene rings is 2. The van der Waals surface area contributed by atoms with Gasteiger partial charge in [0.15, 0.2) is 0 Å². The Labute approximate surface area is 91.2 Å². The molecule has 0 fully saturated rings. The summed E-state index contributed by atoms with van der Waals surface area (Å²) in [5.74, 6) is 0.470. The molecule has 0 atom stereocenters. The van der Waals surface area contributed by atoms with E-state index in [2.05, 4.69) is 0 Å². The second-order valence-electron chi connectivity index (χ2n) is 3.60. The fourth-order valence-corrected chi connectivity index (χ4v) is 1.86. The van der Waals surface area contributed by atoms with Gasteiger partial charge in [-0.25, -0.2) is 4.39 Å². The lowest BCUT2D eigenvalue weighted by Crippen LogP contribution is -1.80. The highest BCUT2D eigenvalue weighted by Crippen LogP contribution is 2.31. The van der Waals surface area contributed by atoms with Crippen LogP contribution in [0.4, 0.5) is 4.39 Å². The second-order valence-corrected chi connectivity index (χ2v) is 3.60. The summed E-state index contributed by atoms with van der Waals surface area (Å²) in [6, 6.07) is 10.0. The molecule has 0 saturated carbocycles. The highest BCUT2D eigenvalue weighted by molar-refractivity contribution is 6.05. The smallest absolute Gasteiger partial charge is 0.139 e. The van der Waals surface area contributed by atoms with Crippen LogP contribution in [0.2, 0.25) is 0 Å². The van der Waals surface area contributed by atoms with Gasteiger partial charge in [-0.2, -0.15) is 0 Å². The fourth-order valence-electron chi connectivity index (χ4n) is 1.86. The largest absolute Gasteiger partial charge is 0.497 e. The molecule has 0 aliphatic heterocycles. The van der Waals surface area contributed by atoms with Crippen molar-refractivity contribution in [3.8, 4) is 5.75 Å². The zero-order valence-corrected chi connectivity index (χ0v) is 8.66. The van der Waals surface area contributed by atoms with Crippen LogP contribution in [0, 0.1) is 5.82 Å². The standard InChI is InChI=1S/C13H9FO2/c1-15-9-3-4-10-11-6-8(14)2-5-12(11)16-13(10)7-9/h2-7H,1H3. The van der Waals surface area contributed by atoms with Crippen LogP contribution >= 0.6 is 0 Å². The van der Waals surface area contributed by atoms with Gasteiger partial charge in [0, 0.05) is 16.8 Å². The highest BCUT2D eigenvalue weighted by Gasteiger charge is 2.08. The van der Waals surface area contributed by atoms with Crippen molar-refractivity contribution in [1.29, 1.82) is 0 Å². The number of fused-ring (bicyclic) bond motifs is 3. The van der Waals surface area contributed by atoms with E-state index < -0.39 is 0 Å². The van der Waals surface area contributed by atoms with Crippen molar-refractivity contribution in [3.63, 3.8) is 0 Å². The molecule has 3 heteroatoms. The first-order chi connectivity index (χ1) is 7.78. The maximum absolute atomic E-state index is 13.1. The van der Waals surface area contributed by atoms with Crippen molar-refractivity contribution < 1.29 is 13.5 Å². The number of methoxy groups -OCH3 is 1. The van der Waals surface area contributed by atoms with Gasteiger partial charge in [0.05, 0.1) is 7.11 Å². The minimum Gasteiger partial charge on any atom is -0.497 e. The lowest BCUT2D eigenvalue weighted by Gasteiger charge is -1.97. The molecule has 1 aromatic heterocycles. The van der Waals surface area contributed by atoms with E-state index in [4.69, 9.17) is 9.15 Å². The molecule has 0 saturated heterocycles. The average molecular weight is 216 g/mol. The molecule has 0 amide bonds. The number of ether oxygens (including phenoxy) is 1. The number of furan rings is 1. The van der Waals surface area contributed by atoms with Crippen LogP contribution in [0.3, 0.4) is 0 Å². The van der Waals surface area contributed by atoms with Gasteiger partial charge in [0.2, 0.25) is 0 Å². The Morgan fingerprint density at radius 3 is 2.69 bits per heavy atom. The predicted octanol–water partition coefficient (Wildman–Crippen LogP) is 3.73. The van der Waals surface area contributed by atoms with E-state index in [0.717, 1.165) is 16.5 Å². The Bertz CT molecular complexity index is 670. The zero-order chi connectivity index (χ0) is 11.1. The van der Waals surface area contributed by atoms with Crippen molar-refractivity contribution in [2.24, 2.45) is 0 Å². The molecule has 80 valence electrons. The Morgan fingerprint density at radius 1 is 1.00 bits per heavy atom. The van der Waals surface area contributed by atoms with Crippen LogP contribution in [0.5, 0.6) is 5.75 Å². The first-order valence-corrected chi connectivity index (χ1v) is 4.94. The van der Waals surface area contributed by atoms with Crippen molar-refractivity contribution in [1.82, 2.24) is 0 Å². The summed E-state index contributed by atoms with van der Waals surface area (Å²) in [6.07, 6.45) is 0. The predicted molar refractivity (Wildman–Crippen MR) is 60.2 cm³/mol. The summed E-state index contributed by atoms with van der Waals surface area (Å²) in [6.45, 7) is 0. The normalized spacial score (nSPS) is 11.1. The number of halogens is 1. The molecule has 0 bridgehead atoms. The average Bonchev–Trinajstić information content (AvgIpc) is 2.66. The Balaban J connectivity index is 2.41. The van der Waals surface area contributed by atoms with Gasteiger partial charge in [0.25, 0.3) is 0 Å². The van der Waals surface area contributed by atoms with E-state index in [0.29, 0.717) is 11.2 Å². The van der Waals surface area contributed by atoms with E-state index >= 15 is 0 Å². The third kappa shape index (κ3) is 1.25. The molecular formula is C13H9FO2. The first kappa shape index (κ1) is 9.21. The highest BCUT2D eigenvalue weighted by atomic mass is 19.1. The number of hydrogen-bond acceptors (Lipinski definition) is 2. The molecule has 3 rings (SSSR count). The molecule has 0 N–H and O–H groups in total. The van der Waals surface area contributed by atoms with Gasteiger partial charge in [-0.05, 0) is 30.3 Å². The van der Waals surface area contributed by atoms with Gasteiger partial charge < -0.3 is 9.15 Å². The Morgan fingerprint density at radius 2 is 1.88 bits per heavy atom. The van der Waals surface area contributed by atoms with Crippen LogP contribution in [0.25, 0.3) is 21.9 Å². The summed E-state index contributed by atoms with van der Waals surface area (Å²) >= 11 is 0. The summed E-state index contributed by atoms with van der Waals surface area (Å²) < 4.78 is 23.8. The van der Waals surface area contributed by atoms with Gasteiger partial charge in [-0.15, -0.1) is 0 Å². The lowest BCUT2D eigenvalue weighted by molar-refractivity contribution is 0.414. The van der Waals surface area contributed by atoms with E-state index in [1.54, 1.807) is 19.2 Å². The van der Waals surface area contributed by atoms with Crippen LogP contribution in [0.1, 0.15) is 0 Å². The monoisotopic (exact) mass is 216 g/mol.